The molecular weight excluding hydrogens is 378 g/mol. The van der Waals surface area contributed by atoms with E-state index >= 15 is 0 Å². The molecule has 7 heteroatoms. The van der Waals surface area contributed by atoms with Crippen molar-refractivity contribution in [2.45, 2.75) is 4.90 Å². The first-order valence-corrected chi connectivity index (χ1v) is 10.4. The SMILES string of the molecule is CSc1ccc2nc(Nc3nc(-c4ccc(Cl)cc4)cs3)sc2c1. The molecule has 24 heavy (non-hydrogen) atoms. The normalized spacial score (nSPS) is 11.1. The fraction of sp³-hybridized carbons (Fsp3) is 0.0588. The fourth-order valence-corrected chi connectivity index (χ4v) is 4.59. The Morgan fingerprint density at radius 2 is 1.88 bits per heavy atom. The largest absolute Gasteiger partial charge is 0.307 e. The van der Waals surface area contributed by atoms with Gasteiger partial charge >= 0.3 is 0 Å². The van der Waals surface area contributed by atoms with E-state index in [4.69, 9.17) is 11.6 Å². The summed E-state index contributed by atoms with van der Waals surface area (Å²) in [6.45, 7) is 0. The Bertz CT molecular complexity index is 992. The predicted octanol–water partition coefficient (Wildman–Crippen LogP) is 6.54. The Kier molecular flexibility index (Phi) is 4.45. The van der Waals surface area contributed by atoms with E-state index in [1.54, 1.807) is 34.4 Å². The highest BCUT2D eigenvalue weighted by Crippen LogP contribution is 2.33. The van der Waals surface area contributed by atoms with Crippen LogP contribution in [0.15, 0.2) is 52.7 Å². The van der Waals surface area contributed by atoms with E-state index in [1.165, 1.54) is 9.60 Å². The number of aromatic nitrogens is 2. The summed E-state index contributed by atoms with van der Waals surface area (Å²) >= 11 is 10.9. The molecule has 0 bridgehead atoms. The van der Waals surface area contributed by atoms with Gasteiger partial charge in [0.05, 0.1) is 15.9 Å². The number of nitrogens with zero attached hydrogens (tertiary/aromatic N) is 2. The standard InChI is InChI=1S/C17H12ClN3S3/c1-22-12-6-7-13-15(8-12)24-17(19-13)21-16-20-14(9-23-16)10-2-4-11(18)5-3-10/h2-9H,1H3,(H,19,20,21). The average Bonchev–Trinajstić information content (AvgIpc) is 3.21. The number of nitrogens with one attached hydrogen (secondary N) is 1. The maximum absolute atomic E-state index is 5.93. The van der Waals surface area contributed by atoms with Crippen LogP contribution >= 0.6 is 46.0 Å². The van der Waals surface area contributed by atoms with Gasteiger partial charge in [-0.25, -0.2) is 9.97 Å². The third-order valence-corrected chi connectivity index (χ3v) is 6.12. The van der Waals surface area contributed by atoms with Gasteiger partial charge in [0.1, 0.15) is 0 Å². The van der Waals surface area contributed by atoms with E-state index in [0.29, 0.717) is 0 Å². The van der Waals surface area contributed by atoms with Crippen molar-refractivity contribution < 1.29 is 0 Å². The molecule has 2 aromatic heterocycles. The van der Waals surface area contributed by atoms with Crippen LogP contribution < -0.4 is 5.32 Å². The molecule has 0 aliphatic heterocycles. The van der Waals surface area contributed by atoms with Gasteiger partial charge < -0.3 is 5.32 Å². The minimum atomic E-state index is 0.728. The summed E-state index contributed by atoms with van der Waals surface area (Å²) in [7, 11) is 0. The van der Waals surface area contributed by atoms with Gasteiger partial charge in [-0.3, -0.25) is 0 Å². The van der Waals surface area contributed by atoms with Crippen molar-refractivity contribution in [2.75, 3.05) is 11.6 Å². The molecule has 0 radical (unpaired) electrons. The van der Waals surface area contributed by atoms with Crippen molar-refractivity contribution in [3.05, 3.63) is 52.9 Å². The summed E-state index contributed by atoms with van der Waals surface area (Å²) in [5.41, 5.74) is 3.00. The molecular formula is C17H12ClN3S3. The van der Waals surface area contributed by atoms with Crippen LogP contribution in [0.4, 0.5) is 10.3 Å². The summed E-state index contributed by atoms with van der Waals surface area (Å²) in [6.07, 6.45) is 2.08. The second-order valence-electron chi connectivity index (χ2n) is 5.02. The number of thioether (sulfide) groups is 1. The van der Waals surface area contributed by atoms with Gasteiger partial charge in [0.15, 0.2) is 10.3 Å². The number of thiazole rings is 2. The Morgan fingerprint density at radius 3 is 2.67 bits per heavy atom. The molecule has 4 rings (SSSR count). The van der Waals surface area contributed by atoms with Gasteiger partial charge in [-0.2, -0.15) is 0 Å². The lowest BCUT2D eigenvalue weighted by atomic mass is 10.2. The topological polar surface area (TPSA) is 37.8 Å². The number of hydrogen-bond acceptors (Lipinski definition) is 6. The number of benzene rings is 2. The van der Waals surface area contributed by atoms with Crippen LogP contribution in [0.1, 0.15) is 0 Å². The van der Waals surface area contributed by atoms with Crippen molar-refractivity contribution in [2.24, 2.45) is 0 Å². The summed E-state index contributed by atoms with van der Waals surface area (Å²) in [6, 6.07) is 14.0. The third-order valence-electron chi connectivity index (χ3n) is 3.45. The molecule has 2 heterocycles. The Hall–Kier alpha value is -1.60. The average molecular weight is 390 g/mol. The van der Waals surface area contributed by atoms with Crippen LogP contribution in [0.5, 0.6) is 0 Å². The molecule has 3 nitrogen and oxygen atoms in total. The van der Waals surface area contributed by atoms with Crippen LogP contribution in [-0.2, 0) is 0 Å². The van der Waals surface area contributed by atoms with Crippen LogP contribution in [0.25, 0.3) is 21.5 Å². The first-order valence-electron chi connectivity index (χ1n) is 7.14. The molecule has 1 N–H and O–H groups in total. The molecule has 2 aromatic carbocycles. The summed E-state index contributed by atoms with van der Waals surface area (Å²) in [4.78, 5) is 10.5. The molecule has 120 valence electrons. The Labute approximate surface area is 156 Å². The van der Waals surface area contributed by atoms with Gasteiger partial charge in [-0.05, 0) is 36.6 Å². The number of fused-ring (bicyclic) bond motifs is 1. The highest BCUT2D eigenvalue weighted by Gasteiger charge is 2.09. The number of hydrogen-bond donors (Lipinski definition) is 1. The third kappa shape index (κ3) is 3.28. The van der Waals surface area contributed by atoms with Crippen LogP contribution in [0, 0.1) is 0 Å². The number of halogens is 1. The van der Waals surface area contributed by atoms with Crippen LogP contribution in [0.3, 0.4) is 0 Å². The first kappa shape index (κ1) is 15.9. The molecule has 0 amide bonds. The molecule has 0 fully saturated rings. The highest BCUT2D eigenvalue weighted by atomic mass is 35.5. The molecule has 0 aliphatic rings. The van der Waals surface area contributed by atoms with Gasteiger partial charge in [-0.1, -0.05) is 35.1 Å². The summed E-state index contributed by atoms with van der Waals surface area (Å²) in [5, 5.41) is 7.77. The van der Waals surface area contributed by atoms with Gasteiger partial charge in [-0.15, -0.1) is 23.1 Å². The highest BCUT2D eigenvalue weighted by molar-refractivity contribution is 7.98. The monoisotopic (exact) mass is 389 g/mol. The summed E-state index contributed by atoms with van der Waals surface area (Å²) in [5.74, 6) is 0. The number of rotatable bonds is 4. The zero-order valence-electron chi connectivity index (χ0n) is 12.6. The van der Waals surface area contributed by atoms with Crippen molar-refractivity contribution in [1.82, 2.24) is 9.97 Å². The molecule has 0 aliphatic carbocycles. The molecule has 0 saturated heterocycles. The summed E-state index contributed by atoms with van der Waals surface area (Å²) < 4.78 is 1.18. The lowest BCUT2D eigenvalue weighted by Crippen LogP contribution is -1.88. The minimum Gasteiger partial charge on any atom is -0.307 e. The van der Waals surface area contributed by atoms with Gasteiger partial charge in [0.2, 0.25) is 0 Å². The second-order valence-corrected chi connectivity index (χ2v) is 8.23. The van der Waals surface area contributed by atoms with Crippen molar-refractivity contribution in [3.8, 4) is 11.3 Å². The van der Waals surface area contributed by atoms with Crippen molar-refractivity contribution in [1.29, 1.82) is 0 Å². The molecule has 0 unspecified atom stereocenters. The van der Waals surface area contributed by atoms with E-state index < -0.39 is 0 Å². The van der Waals surface area contributed by atoms with Crippen molar-refractivity contribution in [3.63, 3.8) is 0 Å². The maximum Gasteiger partial charge on any atom is 0.190 e. The lowest BCUT2D eigenvalue weighted by Gasteiger charge is -1.97. The molecule has 0 spiro atoms. The van der Waals surface area contributed by atoms with E-state index in [0.717, 1.165) is 32.1 Å². The quantitative estimate of drug-likeness (QED) is 0.402. The minimum absolute atomic E-state index is 0.728. The van der Waals surface area contributed by atoms with E-state index in [2.05, 4.69) is 39.7 Å². The Morgan fingerprint density at radius 1 is 1.04 bits per heavy atom. The van der Waals surface area contributed by atoms with E-state index in [1.807, 2.05) is 29.6 Å². The second kappa shape index (κ2) is 6.72. The van der Waals surface area contributed by atoms with Crippen LogP contribution in [-0.4, -0.2) is 16.2 Å². The van der Waals surface area contributed by atoms with Crippen molar-refractivity contribution >= 4 is 66.5 Å². The van der Waals surface area contributed by atoms with Gasteiger partial charge in [0.25, 0.3) is 0 Å². The zero-order chi connectivity index (χ0) is 16.5. The zero-order valence-corrected chi connectivity index (χ0v) is 15.8. The van der Waals surface area contributed by atoms with Gasteiger partial charge in [0, 0.05) is 20.9 Å². The number of anilines is 2. The molecule has 0 atom stereocenters. The van der Waals surface area contributed by atoms with Crippen LogP contribution in [0.2, 0.25) is 5.02 Å². The first-order chi connectivity index (χ1) is 11.7. The Balaban J connectivity index is 1.58. The maximum atomic E-state index is 5.93. The molecule has 4 aromatic rings. The van der Waals surface area contributed by atoms with E-state index in [9.17, 15) is 0 Å². The van der Waals surface area contributed by atoms with E-state index in [-0.39, 0.29) is 0 Å². The predicted molar refractivity (Wildman–Crippen MR) is 107 cm³/mol. The fourth-order valence-electron chi connectivity index (χ4n) is 2.26. The lowest BCUT2D eigenvalue weighted by molar-refractivity contribution is 1.36. The smallest absolute Gasteiger partial charge is 0.190 e. The molecule has 0 saturated carbocycles.